The third-order valence-corrected chi connectivity index (χ3v) is 1.97. The van der Waals surface area contributed by atoms with Crippen LogP contribution in [0.1, 0.15) is 12.5 Å². The van der Waals surface area contributed by atoms with Gasteiger partial charge in [-0.1, -0.05) is 18.5 Å². The van der Waals surface area contributed by atoms with E-state index in [9.17, 15) is 0 Å². The summed E-state index contributed by atoms with van der Waals surface area (Å²) in [4.78, 5) is 0. The lowest BCUT2D eigenvalue weighted by molar-refractivity contribution is 1.15. The molecule has 0 saturated heterocycles. The molecule has 0 saturated carbocycles. The zero-order valence-corrected chi connectivity index (χ0v) is 6.14. The van der Waals surface area contributed by atoms with Gasteiger partial charge in [0, 0.05) is 5.38 Å². The molecular weight excluding hydrogens is 140 g/mol. The first-order valence-electron chi connectivity index (χ1n) is 2.49. The van der Waals surface area contributed by atoms with Crippen LogP contribution in [0.15, 0.2) is 6.07 Å². The third kappa shape index (κ3) is 1.23. The van der Waals surface area contributed by atoms with E-state index >= 15 is 0 Å². The predicted octanol–water partition coefficient (Wildman–Crippen LogP) is 2.76. The third-order valence-electron chi connectivity index (χ3n) is 0.948. The first-order valence-corrected chi connectivity index (χ1v) is 3.68. The van der Waals surface area contributed by atoms with Crippen LogP contribution >= 0.6 is 22.9 Å². The molecule has 0 spiro atoms. The lowest BCUT2D eigenvalue weighted by Crippen LogP contribution is -1.67. The van der Waals surface area contributed by atoms with Crippen LogP contribution in [0.2, 0.25) is 4.34 Å². The van der Waals surface area contributed by atoms with Crippen LogP contribution in [0.25, 0.3) is 0 Å². The van der Waals surface area contributed by atoms with Crippen molar-refractivity contribution < 1.29 is 0 Å². The van der Waals surface area contributed by atoms with E-state index in [1.165, 1.54) is 16.9 Å². The highest BCUT2D eigenvalue weighted by molar-refractivity contribution is 7.14. The zero-order valence-electron chi connectivity index (χ0n) is 4.57. The van der Waals surface area contributed by atoms with E-state index in [4.69, 9.17) is 11.6 Å². The van der Waals surface area contributed by atoms with E-state index < -0.39 is 0 Å². The Kier molecular flexibility index (Phi) is 1.92. The molecule has 0 aliphatic carbocycles. The highest BCUT2D eigenvalue weighted by atomic mass is 35.5. The van der Waals surface area contributed by atoms with E-state index in [0.717, 1.165) is 10.8 Å². The molecule has 1 heterocycles. The molecule has 0 unspecified atom stereocenters. The fourth-order valence-electron chi connectivity index (χ4n) is 0.484. The molecule has 0 N–H and O–H groups in total. The van der Waals surface area contributed by atoms with Gasteiger partial charge in [0.05, 0.1) is 4.34 Å². The molecule has 1 radical (unpaired) electrons. The van der Waals surface area contributed by atoms with Crippen LogP contribution in [-0.4, -0.2) is 0 Å². The van der Waals surface area contributed by atoms with Gasteiger partial charge in [0.25, 0.3) is 0 Å². The van der Waals surface area contributed by atoms with E-state index in [-0.39, 0.29) is 0 Å². The summed E-state index contributed by atoms with van der Waals surface area (Å²) in [6.45, 7) is 2.09. The van der Waals surface area contributed by atoms with Crippen LogP contribution in [0.4, 0.5) is 0 Å². The normalized spacial score (nSPS) is 9.75. The molecular formula is C6H6ClS. The van der Waals surface area contributed by atoms with Gasteiger partial charge >= 0.3 is 0 Å². The lowest BCUT2D eigenvalue weighted by atomic mass is 10.3. The monoisotopic (exact) mass is 145 g/mol. The van der Waals surface area contributed by atoms with Crippen molar-refractivity contribution in [3.05, 3.63) is 21.3 Å². The van der Waals surface area contributed by atoms with E-state index in [0.29, 0.717) is 0 Å². The number of hydrogen-bond donors (Lipinski definition) is 0. The SMILES string of the molecule is CCc1[c]sc(Cl)c1. The van der Waals surface area contributed by atoms with Gasteiger partial charge in [0.2, 0.25) is 0 Å². The highest BCUT2D eigenvalue weighted by Crippen LogP contribution is 2.18. The summed E-state index contributed by atoms with van der Waals surface area (Å²) in [6, 6.07) is 1.95. The minimum absolute atomic E-state index is 0.835. The van der Waals surface area contributed by atoms with Gasteiger partial charge in [0.1, 0.15) is 0 Å². The van der Waals surface area contributed by atoms with Gasteiger partial charge in [-0.05, 0) is 18.1 Å². The Morgan fingerprint density at radius 2 is 2.62 bits per heavy atom. The Morgan fingerprint density at radius 1 is 1.88 bits per heavy atom. The van der Waals surface area contributed by atoms with Gasteiger partial charge in [-0.3, -0.25) is 0 Å². The standard InChI is InChI=1S/C6H6ClS/c1-2-5-3-6(7)8-4-5/h3H,2H2,1H3. The summed E-state index contributed by atoms with van der Waals surface area (Å²) in [6.07, 6.45) is 1.03. The molecule has 0 aliphatic rings. The molecule has 0 bridgehead atoms. The molecule has 1 aromatic heterocycles. The van der Waals surface area contributed by atoms with Crippen LogP contribution in [0.5, 0.6) is 0 Å². The summed E-state index contributed by atoms with van der Waals surface area (Å²) in [5, 5.41) is 3.06. The maximum atomic E-state index is 5.63. The molecule has 0 amide bonds. The molecule has 1 aromatic rings. The van der Waals surface area contributed by atoms with E-state index in [1.807, 2.05) is 6.07 Å². The predicted molar refractivity (Wildman–Crippen MR) is 37.5 cm³/mol. The maximum absolute atomic E-state index is 5.63. The number of halogens is 1. The van der Waals surface area contributed by atoms with Crippen molar-refractivity contribution in [2.75, 3.05) is 0 Å². The van der Waals surface area contributed by atoms with Crippen LogP contribution in [0, 0.1) is 5.38 Å². The fourth-order valence-corrected chi connectivity index (χ4v) is 1.36. The number of aryl methyl sites for hydroxylation is 1. The zero-order chi connectivity index (χ0) is 5.98. The molecule has 2 heteroatoms. The summed E-state index contributed by atoms with van der Waals surface area (Å²) in [5.74, 6) is 0. The molecule has 0 atom stereocenters. The Bertz CT molecular complexity index is 169. The molecule has 0 aliphatic heterocycles. The summed E-state index contributed by atoms with van der Waals surface area (Å²) < 4.78 is 0.835. The summed E-state index contributed by atoms with van der Waals surface area (Å²) in [7, 11) is 0. The van der Waals surface area contributed by atoms with Gasteiger partial charge in [-0.2, -0.15) is 0 Å². The Balaban J connectivity index is 2.84. The van der Waals surface area contributed by atoms with Crippen LogP contribution < -0.4 is 0 Å². The molecule has 0 fully saturated rings. The van der Waals surface area contributed by atoms with Crippen molar-refractivity contribution in [1.29, 1.82) is 0 Å². The van der Waals surface area contributed by atoms with Gasteiger partial charge in [-0.15, -0.1) is 11.3 Å². The Labute approximate surface area is 58.1 Å². The number of rotatable bonds is 1. The first-order chi connectivity index (χ1) is 3.83. The second-order valence-corrected chi connectivity index (χ2v) is 3.01. The topological polar surface area (TPSA) is 0 Å². The first kappa shape index (κ1) is 6.12. The Morgan fingerprint density at radius 3 is 2.88 bits per heavy atom. The number of thiophene rings is 1. The lowest BCUT2D eigenvalue weighted by Gasteiger charge is -1.78. The molecule has 0 aromatic carbocycles. The second kappa shape index (κ2) is 2.51. The highest BCUT2D eigenvalue weighted by Gasteiger charge is 1.92. The minimum Gasteiger partial charge on any atom is -0.122 e. The summed E-state index contributed by atoms with van der Waals surface area (Å²) >= 11 is 7.10. The second-order valence-electron chi connectivity index (χ2n) is 1.53. The molecule has 0 nitrogen and oxygen atoms in total. The van der Waals surface area contributed by atoms with Gasteiger partial charge < -0.3 is 0 Å². The summed E-state index contributed by atoms with van der Waals surface area (Å²) in [5.41, 5.74) is 1.21. The fraction of sp³-hybridized carbons (Fsp3) is 0.333. The van der Waals surface area contributed by atoms with Gasteiger partial charge in [-0.25, -0.2) is 0 Å². The largest absolute Gasteiger partial charge is 0.122 e. The average molecular weight is 146 g/mol. The molecule has 8 heavy (non-hydrogen) atoms. The minimum atomic E-state index is 0.835. The van der Waals surface area contributed by atoms with Crippen molar-refractivity contribution in [2.24, 2.45) is 0 Å². The van der Waals surface area contributed by atoms with Gasteiger partial charge in [0.15, 0.2) is 0 Å². The van der Waals surface area contributed by atoms with Crippen molar-refractivity contribution in [1.82, 2.24) is 0 Å². The van der Waals surface area contributed by atoms with Crippen molar-refractivity contribution in [3.8, 4) is 0 Å². The molecule has 1 rings (SSSR count). The Hall–Kier alpha value is -0.0100. The van der Waals surface area contributed by atoms with E-state index in [1.54, 1.807) is 0 Å². The number of hydrogen-bond acceptors (Lipinski definition) is 1. The van der Waals surface area contributed by atoms with Crippen LogP contribution in [0.3, 0.4) is 0 Å². The average Bonchev–Trinajstić information content (AvgIpc) is 2.14. The quantitative estimate of drug-likeness (QED) is 0.570. The van der Waals surface area contributed by atoms with E-state index in [2.05, 4.69) is 12.3 Å². The van der Waals surface area contributed by atoms with Crippen molar-refractivity contribution in [3.63, 3.8) is 0 Å². The molecule has 43 valence electrons. The van der Waals surface area contributed by atoms with Crippen molar-refractivity contribution >= 4 is 22.9 Å². The van der Waals surface area contributed by atoms with Crippen molar-refractivity contribution in [2.45, 2.75) is 13.3 Å². The maximum Gasteiger partial charge on any atom is 0.0938 e. The smallest absolute Gasteiger partial charge is 0.0938 e. The van der Waals surface area contributed by atoms with Crippen LogP contribution in [-0.2, 0) is 6.42 Å².